The van der Waals surface area contributed by atoms with Gasteiger partial charge in [-0.2, -0.15) is 0 Å². The third-order valence-electron chi connectivity index (χ3n) is 4.87. The van der Waals surface area contributed by atoms with E-state index in [1.165, 1.54) is 12.1 Å². The fraction of sp³-hybridized carbons (Fsp3) is 0.300. The molecule has 1 amide bonds. The van der Waals surface area contributed by atoms with Crippen LogP contribution in [0.5, 0.6) is 0 Å². The minimum absolute atomic E-state index is 0.122. The summed E-state index contributed by atoms with van der Waals surface area (Å²) in [5.41, 5.74) is 4.02. The quantitative estimate of drug-likeness (QED) is 0.601. The molecule has 2 heterocycles. The number of nitrogens with one attached hydrogen (secondary N) is 2. The first-order valence-corrected chi connectivity index (χ1v) is 8.91. The number of pyridine rings is 1. The molecular weight excluding hydrogens is 360 g/mol. The summed E-state index contributed by atoms with van der Waals surface area (Å²) in [5.74, 6) is -1.10. The van der Waals surface area contributed by atoms with Crippen LogP contribution in [0.4, 0.5) is 0 Å². The highest BCUT2D eigenvalue weighted by molar-refractivity contribution is 5.87. The summed E-state index contributed by atoms with van der Waals surface area (Å²) in [6, 6.07) is 6.37. The van der Waals surface area contributed by atoms with Gasteiger partial charge in [0.2, 0.25) is 5.91 Å². The first-order chi connectivity index (χ1) is 13.3. The number of carboxylic acids is 1. The van der Waals surface area contributed by atoms with Gasteiger partial charge >= 0.3 is 5.97 Å². The van der Waals surface area contributed by atoms with Crippen LogP contribution in [0.15, 0.2) is 29.1 Å². The number of aryl methyl sites for hydroxylation is 3. The number of benzene rings is 1. The lowest BCUT2D eigenvalue weighted by Gasteiger charge is -2.11. The molecule has 3 aromatic rings. The normalized spacial score (nSPS) is 11.0. The molecule has 2 aromatic heterocycles. The summed E-state index contributed by atoms with van der Waals surface area (Å²) in [6.07, 6.45) is 0.755. The summed E-state index contributed by atoms with van der Waals surface area (Å²) >= 11 is 0. The zero-order chi connectivity index (χ0) is 20.4. The molecule has 0 unspecified atom stereocenters. The summed E-state index contributed by atoms with van der Waals surface area (Å²) in [5, 5.41) is 15.0. The molecule has 8 heteroatoms. The van der Waals surface area contributed by atoms with E-state index in [1.807, 2.05) is 13.8 Å². The summed E-state index contributed by atoms with van der Waals surface area (Å²) < 4.78 is 1.60. The predicted molar refractivity (Wildman–Crippen MR) is 104 cm³/mol. The van der Waals surface area contributed by atoms with E-state index in [1.54, 1.807) is 23.9 Å². The number of carboxylic acid groups (broad SMARTS) is 1. The molecule has 28 heavy (non-hydrogen) atoms. The Morgan fingerprint density at radius 3 is 2.54 bits per heavy atom. The number of aromatic carboxylic acids is 1. The molecule has 3 rings (SSSR count). The zero-order valence-electron chi connectivity index (χ0n) is 16.0. The molecule has 0 atom stereocenters. The van der Waals surface area contributed by atoms with Crippen molar-refractivity contribution in [3.63, 3.8) is 0 Å². The van der Waals surface area contributed by atoms with Crippen LogP contribution in [0.2, 0.25) is 0 Å². The van der Waals surface area contributed by atoms with Gasteiger partial charge in [0.15, 0.2) is 5.65 Å². The molecule has 0 saturated carbocycles. The van der Waals surface area contributed by atoms with Crippen LogP contribution in [0, 0.1) is 13.8 Å². The summed E-state index contributed by atoms with van der Waals surface area (Å²) in [4.78, 5) is 39.7. The molecule has 3 N–H and O–H groups in total. The number of H-pyrrole nitrogens is 1. The van der Waals surface area contributed by atoms with Crippen LogP contribution in [0.1, 0.15) is 39.2 Å². The van der Waals surface area contributed by atoms with Crippen molar-refractivity contribution in [2.45, 2.75) is 33.2 Å². The first kappa shape index (κ1) is 19.3. The Hall–Kier alpha value is -3.42. The molecule has 0 bridgehead atoms. The van der Waals surface area contributed by atoms with E-state index in [-0.39, 0.29) is 23.5 Å². The Morgan fingerprint density at radius 1 is 1.21 bits per heavy atom. The number of hydrogen-bond acceptors (Lipinski definition) is 4. The van der Waals surface area contributed by atoms with Gasteiger partial charge in [0.05, 0.1) is 10.9 Å². The number of aromatic amines is 1. The largest absolute Gasteiger partial charge is 0.478 e. The number of nitrogens with zero attached hydrogens (tertiary/aromatic N) is 2. The Bertz CT molecular complexity index is 1110. The summed E-state index contributed by atoms with van der Waals surface area (Å²) in [7, 11) is 1.74. The van der Waals surface area contributed by atoms with Gasteiger partial charge in [-0.3, -0.25) is 19.4 Å². The molecule has 0 aliphatic heterocycles. The number of fused-ring (bicyclic) bond motifs is 1. The van der Waals surface area contributed by atoms with Crippen molar-refractivity contribution in [2.24, 2.45) is 7.05 Å². The van der Waals surface area contributed by atoms with E-state index in [2.05, 4.69) is 15.4 Å². The molecule has 0 aliphatic carbocycles. The van der Waals surface area contributed by atoms with Gasteiger partial charge in [0, 0.05) is 25.7 Å². The smallest absolute Gasteiger partial charge is 0.335 e. The molecule has 0 fully saturated rings. The lowest BCUT2D eigenvalue weighted by Crippen LogP contribution is -2.23. The Labute approximate surface area is 161 Å². The third-order valence-corrected chi connectivity index (χ3v) is 4.87. The van der Waals surface area contributed by atoms with E-state index in [4.69, 9.17) is 5.11 Å². The zero-order valence-corrected chi connectivity index (χ0v) is 16.0. The summed E-state index contributed by atoms with van der Waals surface area (Å²) in [6.45, 7) is 4.08. The van der Waals surface area contributed by atoms with Crippen LogP contribution in [0.25, 0.3) is 11.0 Å². The highest BCUT2D eigenvalue weighted by Gasteiger charge is 2.16. The Morgan fingerprint density at radius 2 is 1.89 bits per heavy atom. The lowest BCUT2D eigenvalue weighted by atomic mass is 10.00. The van der Waals surface area contributed by atoms with E-state index in [0.29, 0.717) is 24.0 Å². The minimum Gasteiger partial charge on any atom is -0.478 e. The maximum Gasteiger partial charge on any atom is 0.335 e. The van der Waals surface area contributed by atoms with Crippen molar-refractivity contribution < 1.29 is 14.7 Å². The molecule has 8 nitrogen and oxygen atoms in total. The topological polar surface area (TPSA) is 117 Å². The number of aromatic nitrogens is 3. The Balaban J connectivity index is 1.65. The van der Waals surface area contributed by atoms with Gasteiger partial charge in [-0.15, -0.1) is 0 Å². The lowest BCUT2D eigenvalue weighted by molar-refractivity contribution is -0.121. The van der Waals surface area contributed by atoms with E-state index in [0.717, 1.165) is 22.4 Å². The second kappa shape index (κ2) is 7.67. The van der Waals surface area contributed by atoms with Crippen molar-refractivity contribution in [3.8, 4) is 0 Å². The molecule has 0 aliphatic rings. The van der Waals surface area contributed by atoms with Crippen LogP contribution in [-0.4, -0.2) is 31.7 Å². The molecule has 0 spiro atoms. The molecule has 1 aromatic carbocycles. The third kappa shape index (κ3) is 3.80. The highest BCUT2D eigenvalue weighted by Crippen LogP contribution is 2.21. The van der Waals surface area contributed by atoms with Gasteiger partial charge in [0.1, 0.15) is 0 Å². The standard InChI is InChI=1S/C20H22N4O4/c1-11-15(12(2)22-18-17(11)19(26)23-24(18)3)8-9-16(25)21-10-13-4-6-14(7-5-13)20(27)28/h4-7H,8-10H2,1-3H3,(H,21,25)(H,23,26)(H,27,28). The van der Waals surface area contributed by atoms with Gasteiger partial charge in [-0.25, -0.2) is 9.78 Å². The van der Waals surface area contributed by atoms with E-state index < -0.39 is 5.97 Å². The number of rotatable bonds is 6. The van der Waals surface area contributed by atoms with Crippen LogP contribution in [0.3, 0.4) is 0 Å². The average Bonchev–Trinajstić information content (AvgIpc) is 2.93. The second-order valence-corrected chi connectivity index (χ2v) is 6.78. The van der Waals surface area contributed by atoms with Crippen molar-refractivity contribution in [1.82, 2.24) is 20.1 Å². The van der Waals surface area contributed by atoms with Crippen molar-refractivity contribution in [3.05, 3.63) is 62.6 Å². The minimum atomic E-state index is -0.982. The number of hydrogen-bond donors (Lipinski definition) is 3. The van der Waals surface area contributed by atoms with Gasteiger partial charge in [0.25, 0.3) is 5.56 Å². The predicted octanol–water partition coefficient (Wildman–Crippen LogP) is 1.83. The molecular formula is C20H22N4O4. The highest BCUT2D eigenvalue weighted by atomic mass is 16.4. The average molecular weight is 382 g/mol. The van der Waals surface area contributed by atoms with Crippen LogP contribution < -0.4 is 10.9 Å². The number of amides is 1. The van der Waals surface area contributed by atoms with Gasteiger partial charge < -0.3 is 10.4 Å². The molecule has 0 radical (unpaired) electrons. The maximum atomic E-state index is 12.2. The van der Waals surface area contributed by atoms with E-state index in [9.17, 15) is 14.4 Å². The number of carbonyl (C=O) groups excluding carboxylic acids is 1. The van der Waals surface area contributed by atoms with Crippen LogP contribution >= 0.6 is 0 Å². The van der Waals surface area contributed by atoms with Gasteiger partial charge in [-0.1, -0.05) is 12.1 Å². The Kier molecular flexibility index (Phi) is 5.30. The first-order valence-electron chi connectivity index (χ1n) is 8.91. The fourth-order valence-electron chi connectivity index (χ4n) is 3.31. The maximum absolute atomic E-state index is 12.2. The molecule has 146 valence electrons. The number of carbonyl (C=O) groups is 2. The van der Waals surface area contributed by atoms with Crippen molar-refractivity contribution >= 4 is 22.9 Å². The fourth-order valence-corrected chi connectivity index (χ4v) is 3.31. The van der Waals surface area contributed by atoms with Crippen molar-refractivity contribution in [2.75, 3.05) is 0 Å². The molecule has 0 saturated heterocycles. The monoisotopic (exact) mass is 382 g/mol. The second-order valence-electron chi connectivity index (χ2n) is 6.78. The van der Waals surface area contributed by atoms with Gasteiger partial charge in [-0.05, 0) is 49.1 Å². The van der Waals surface area contributed by atoms with Crippen LogP contribution in [-0.2, 0) is 24.8 Å². The SMILES string of the molecule is Cc1nc2c(c(C)c1CCC(=O)NCc1ccc(C(=O)O)cc1)c(=O)[nH]n2C. The van der Waals surface area contributed by atoms with E-state index >= 15 is 0 Å². The van der Waals surface area contributed by atoms with Crippen molar-refractivity contribution in [1.29, 1.82) is 0 Å².